The number of anilines is 6. The van der Waals surface area contributed by atoms with E-state index in [9.17, 15) is 0 Å². The van der Waals surface area contributed by atoms with Crippen LogP contribution in [0.5, 0.6) is 0 Å². The zero-order valence-corrected chi connectivity index (χ0v) is 44.8. The molecule has 3 heteroatoms. The minimum absolute atomic E-state index is 0.00194. The zero-order chi connectivity index (χ0) is 49.4. The van der Waals surface area contributed by atoms with Crippen LogP contribution in [0.4, 0.5) is 34.1 Å². The van der Waals surface area contributed by atoms with Gasteiger partial charge in [-0.05, 0) is 186 Å². The summed E-state index contributed by atoms with van der Waals surface area (Å²) in [7, 11) is 0. The summed E-state index contributed by atoms with van der Waals surface area (Å²) in [5, 5.41) is 0. The molecule has 0 radical (unpaired) electrons. The van der Waals surface area contributed by atoms with Crippen LogP contribution in [0.1, 0.15) is 166 Å². The second-order valence-electron chi connectivity index (χ2n) is 26.4. The van der Waals surface area contributed by atoms with Gasteiger partial charge in [0.1, 0.15) is 0 Å². The fourth-order valence-electron chi connectivity index (χ4n) is 13.9. The molecular weight excluding hydrogens is 844 g/mol. The predicted molar refractivity (Wildman–Crippen MR) is 302 cm³/mol. The Balaban J connectivity index is 1.26. The van der Waals surface area contributed by atoms with Crippen molar-refractivity contribution in [2.24, 2.45) is 0 Å². The van der Waals surface area contributed by atoms with Crippen LogP contribution < -0.4 is 26.2 Å². The summed E-state index contributed by atoms with van der Waals surface area (Å²) in [5.41, 5.74) is 30.3. The largest absolute Gasteiger partial charge is 0.311 e. The third kappa shape index (κ3) is 6.37. The predicted octanol–water partition coefficient (Wildman–Crippen LogP) is 16.4. The number of aryl methyl sites for hydroxylation is 2. The number of fused-ring (bicyclic) bond motifs is 10. The molecule has 5 aliphatic rings. The van der Waals surface area contributed by atoms with Crippen LogP contribution in [0.15, 0.2) is 121 Å². The van der Waals surface area contributed by atoms with E-state index in [1.807, 2.05) is 0 Å². The van der Waals surface area contributed by atoms with Crippen LogP contribution in [0.25, 0.3) is 22.3 Å². The molecule has 0 unspecified atom stereocenters. The number of nitrogens with zero attached hydrogens (tertiary/aromatic N) is 2. The fraction of sp³-hybridized carbons (Fsp3) is 0.373. The molecule has 354 valence electrons. The second-order valence-corrected chi connectivity index (χ2v) is 26.4. The molecule has 0 N–H and O–H groups in total. The lowest BCUT2D eigenvalue weighted by Crippen LogP contribution is -2.62. The Morgan fingerprint density at radius 1 is 0.429 bits per heavy atom. The maximum atomic E-state index is 2.73. The topological polar surface area (TPSA) is 6.48 Å². The Morgan fingerprint density at radius 3 is 1.60 bits per heavy atom. The first-order valence-electron chi connectivity index (χ1n) is 26.5. The molecule has 7 aromatic carbocycles. The molecule has 3 aliphatic carbocycles. The van der Waals surface area contributed by atoms with E-state index < -0.39 is 0 Å². The van der Waals surface area contributed by atoms with Gasteiger partial charge in [0, 0.05) is 45.1 Å². The monoisotopic (exact) mass is 917 g/mol. The SMILES string of the molecule is Cc1cc(C(C)(C)C)ccc1N1c2cc3c(cc2B2c4ccc5c(c4N(c4ccccc4C)c4cc(-c6ccccc6)cc1c42)-c1cc2c(cc1C5(C)C)C(C)(C)CCC2(C)C)C(C)(C)CCC3(C)C. The van der Waals surface area contributed by atoms with Gasteiger partial charge in [-0.3, -0.25) is 0 Å². The molecule has 0 spiro atoms. The summed E-state index contributed by atoms with van der Waals surface area (Å²) >= 11 is 0. The number of para-hydroxylation sites is 1. The van der Waals surface area contributed by atoms with Crippen molar-refractivity contribution < 1.29 is 0 Å². The third-order valence-electron chi connectivity index (χ3n) is 18.6. The molecule has 70 heavy (non-hydrogen) atoms. The summed E-state index contributed by atoms with van der Waals surface area (Å²) in [6.07, 6.45) is 4.73. The van der Waals surface area contributed by atoms with Gasteiger partial charge < -0.3 is 9.80 Å². The molecule has 2 nitrogen and oxygen atoms in total. The molecule has 0 amide bonds. The van der Waals surface area contributed by atoms with E-state index in [2.05, 4.69) is 235 Å². The summed E-state index contributed by atoms with van der Waals surface area (Å²) in [6.45, 7) is 36.6. The fourth-order valence-corrected chi connectivity index (χ4v) is 13.9. The Bertz CT molecular complexity index is 3370. The zero-order valence-electron chi connectivity index (χ0n) is 44.8. The lowest BCUT2D eigenvalue weighted by Gasteiger charge is -2.48. The molecule has 0 fully saturated rings. The molecule has 0 bridgehead atoms. The summed E-state index contributed by atoms with van der Waals surface area (Å²) < 4.78 is 0. The van der Waals surface area contributed by atoms with Gasteiger partial charge in [-0.15, -0.1) is 0 Å². The van der Waals surface area contributed by atoms with E-state index in [0.29, 0.717) is 0 Å². The van der Waals surface area contributed by atoms with Crippen LogP contribution in [0.3, 0.4) is 0 Å². The van der Waals surface area contributed by atoms with Crippen molar-refractivity contribution in [1.29, 1.82) is 0 Å². The van der Waals surface area contributed by atoms with Crippen molar-refractivity contribution >= 4 is 57.2 Å². The average molecular weight is 917 g/mol. The number of hydrogen-bond donors (Lipinski definition) is 0. The van der Waals surface area contributed by atoms with Crippen molar-refractivity contribution in [2.45, 2.75) is 162 Å². The Hall–Kier alpha value is -5.80. The van der Waals surface area contributed by atoms with E-state index >= 15 is 0 Å². The molecular formula is C67H73BN2. The average Bonchev–Trinajstić information content (AvgIpc) is 3.54. The van der Waals surface area contributed by atoms with Gasteiger partial charge in [-0.2, -0.15) is 0 Å². The molecule has 0 saturated heterocycles. The first-order chi connectivity index (χ1) is 32.9. The maximum Gasteiger partial charge on any atom is 0.252 e. The van der Waals surface area contributed by atoms with Gasteiger partial charge in [0.2, 0.25) is 0 Å². The van der Waals surface area contributed by atoms with E-state index in [1.165, 1.54) is 149 Å². The van der Waals surface area contributed by atoms with E-state index in [0.717, 1.165) is 0 Å². The molecule has 12 rings (SSSR count). The molecule has 2 aliphatic heterocycles. The van der Waals surface area contributed by atoms with Crippen molar-refractivity contribution in [2.75, 3.05) is 9.80 Å². The summed E-state index contributed by atoms with van der Waals surface area (Å²) in [6, 6.07) is 48.5. The van der Waals surface area contributed by atoms with Crippen molar-refractivity contribution in [3.8, 4) is 22.3 Å². The van der Waals surface area contributed by atoms with Gasteiger partial charge >= 0.3 is 0 Å². The van der Waals surface area contributed by atoms with E-state index in [1.54, 1.807) is 0 Å². The van der Waals surface area contributed by atoms with Crippen LogP contribution in [-0.4, -0.2) is 6.71 Å². The summed E-state index contributed by atoms with van der Waals surface area (Å²) in [4.78, 5) is 5.43. The number of rotatable bonds is 3. The minimum atomic E-state index is -0.187. The standard InChI is InChI=1S/C67H73BN2/c1-40-21-19-20-24-54(40)70-58-35-43(42-22-17-16-18-23-42)34-57-60(58)68(52-27-26-46-59(61(52)70)45-36-48-49(37-47(45)67(46,14)15)64(8,9)30-29-63(48,6)7)53-38-50-51(66(12,13)32-31-65(50,10)11)39-56(53)69(57)55-28-25-44(33-41(55)2)62(3,4)5/h16-28,33-39H,29-32H2,1-15H3. The smallest absolute Gasteiger partial charge is 0.252 e. The van der Waals surface area contributed by atoms with E-state index in [4.69, 9.17) is 0 Å². The lowest BCUT2D eigenvalue weighted by atomic mass is 9.32. The van der Waals surface area contributed by atoms with Crippen molar-refractivity contribution in [3.63, 3.8) is 0 Å². The summed E-state index contributed by atoms with van der Waals surface area (Å²) in [5.74, 6) is 0. The van der Waals surface area contributed by atoms with Gasteiger partial charge in [-0.25, -0.2) is 0 Å². The molecule has 0 saturated carbocycles. The van der Waals surface area contributed by atoms with Crippen molar-refractivity contribution in [3.05, 3.63) is 171 Å². The van der Waals surface area contributed by atoms with Crippen LogP contribution in [0, 0.1) is 13.8 Å². The quantitative estimate of drug-likeness (QED) is 0.163. The molecule has 2 heterocycles. The normalized spacial score (nSPS) is 19.0. The van der Waals surface area contributed by atoms with Gasteiger partial charge in [0.05, 0.1) is 0 Å². The highest BCUT2D eigenvalue weighted by Crippen LogP contribution is 2.59. The van der Waals surface area contributed by atoms with Gasteiger partial charge in [0.25, 0.3) is 6.71 Å². The maximum absolute atomic E-state index is 2.73. The number of hydrogen-bond acceptors (Lipinski definition) is 2. The highest BCUT2D eigenvalue weighted by atomic mass is 15.2. The van der Waals surface area contributed by atoms with Crippen LogP contribution in [-0.2, 0) is 32.5 Å². The van der Waals surface area contributed by atoms with Crippen molar-refractivity contribution in [1.82, 2.24) is 0 Å². The molecule has 7 aromatic rings. The highest BCUT2D eigenvalue weighted by Gasteiger charge is 2.51. The molecule has 0 atom stereocenters. The van der Waals surface area contributed by atoms with Gasteiger partial charge in [-0.1, -0.05) is 175 Å². The first-order valence-corrected chi connectivity index (χ1v) is 26.5. The number of benzene rings is 7. The first kappa shape index (κ1) is 45.4. The highest BCUT2D eigenvalue weighted by molar-refractivity contribution is 7.00. The third-order valence-corrected chi connectivity index (χ3v) is 18.6. The Labute approximate surface area is 420 Å². The minimum Gasteiger partial charge on any atom is -0.311 e. The Morgan fingerprint density at radius 2 is 0.986 bits per heavy atom. The lowest BCUT2D eigenvalue weighted by molar-refractivity contribution is 0.331. The Kier molecular flexibility index (Phi) is 9.49. The van der Waals surface area contributed by atoms with Crippen LogP contribution in [0.2, 0.25) is 0 Å². The van der Waals surface area contributed by atoms with Crippen LogP contribution >= 0.6 is 0 Å². The second kappa shape index (κ2) is 14.7. The molecule has 0 aromatic heterocycles. The van der Waals surface area contributed by atoms with E-state index in [-0.39, 0.29) is 39.2 Å². The van der Waals surface area contributed by atoms with Gasteiger partial charge in [0.15, 0.2) is 0 Å².